The molecule has 9 heteroatoms. The molecule has 5 atom stereocenters. The third-order valence-electron chi connectivity index (χ3n) is 2.98. The molecule has 1 heterocycles. The second-order valence-electron chi connectivity index (χ2n) is 4.61. The Hall–Kier alpha value is -0.480. The van der Waals surface area contributed by atoms with Gasteiger partial charge in [-0.3, -0.25) is 4.79 Å². The van der Waals surface area contributed by atoms with Crippen LogP contribution in [0, 0.1) is 0 Å². The molecule has 1 fully saturated rings. The average Bonchev–Trinajstić information content (AvgIpc) is 2.45. The van der Waals surface area contributed by atoms with E-state index >= 15 is 0 Å². The van der Waals surface area contributed by atoms with E-state index in [1.807, 2.05) is 0 Å². The fraction of sp³-hybridized carbons (Fsp3) is 0.917. The van der Waals surface area contributed by atoms with Gasteiger partial charge >= 0.3 is 0 Å². The second-order valence-corrected chi connectivity index (χ2v) is 4.98. The molecule has 0 radical (unpaired) electrons. The van der Waals surface area contributed by atoms with E-state index in [4.69, 9.17) is 30.9 Å². The fourth-order valence-corrected chi connectivity index (χ4v) is 2.10. The van der Waals surface area contributed by atoms with Crippen LogP contribution in [0.25, 0.3) is 0 Å². The van der Waals surface area contributed by atoms with Crippen molar-refractivity contribution >= 4 is 17.5 Å². The summed E-state index contributed by atoms with van der Waals surface area (Å²) < 4.78 is 15.9. The molecule has 0 aromatic rings. The topological polar surface area (TPSA) is 117 Å². The Balaban J connectivity index is 2.58. The highest BCUT2D eigenvalue weighted by atomic mass is 35.5. The minimum absolute atomic E-state index is 0.151. The molecule has 0 bridgehead atoms. The van der Waals surface area contributed by atoms with Gasteiger partial charge in [-0.2, -0.15) is 0 Å². The van der Waals surface area contributed by atoms with Crippen LogP contribution in [-0.4, -0.2) is 84.2 Å². The summed E-state index contributed by atoms with van der Waals surface area (Å²) in [7, 11) is 0. The van der Waals surface area contributed by atoms with Crippen molar-refractivity contribution in [3.63, 3.8) is 0 Å². The largest absolute Gasteiger partial charge is 0.394 e. The lowest BCUT2D eigenvalue weighted by molar-refractivity contribution is -0.271. The van der Waals surface area contributed by atoms with Crippen LogP contribution < -0.4 is 5.32 Å². The molecule has 1 aliphatic rings. The lowest BCUT2D eigenvalue weighted by atomic mass is 9.97. The molecule has 1 amide bonds. The van der Waals surface area contributed by atoms with Crippen LogP contribution in [-0.2, 0) is 19.0 Å². The van der Waals surface area contributed by atoms with Crippen molar-refractivity contribution < 1.29 is 34.3 Å². The summed E-state index contributed by atoms with van der Waals surface area (Å²) in [5.41, 5.74) is 0. The molecule has 1 rings (SSSR count). The molecular formula is C12H22ClNO7. The van der Waals surface area contributed by atoms with E-state index < -0.39 is 43.2 Å². The van der Waals surface area contributed by atoms with Gasteiger partial charge in [0.25, 0.3) is 0 Å². The van der Waals surface area contributed by atoms with Crippen LogP contribution in [0.3, 0.4) is 0 Å². The molecule has 1 aliphatic heterocycles. The van der Waals surface area contributed by atoms with E-state index in [-0.39, 0.29) is 13.2 Å². The molecule has 0 aromatic carbocycles. The number of aliphatic hydroxyl groups excluding tert-OH is 3. The Labute approximate surface area is 127 Å². The molecule has 124 valence electrons. The molecule has 1 saturated heterocycles. The molecule has 21 heavy (non-hydrogen) atoms. The number of hydrogen-bond donors (Lipinski definition) is 4. The highest BCUT2D eigenvalue weighted by Gasteiger charge is 2.45. The van der Waals surface area contributed by atoms with Gasteiger partial charge in [0.05, 0.1) is 26.4 Å². The number of ether oxygens (including phenoxy) is 3. The van der Waals surface area contributed by atoms with Crippen molar-refractivity contribution in [2.75, 3.05) is 32.3 Å². The van der Waals surface area contributed by atoms with Crippen LogP contribution >= 0.6 is 11.6 Å². The normalized spacial score (nSPS) is 32.9. The summed E-state index contributed by atoms with van der Waals surface area (Å²) >= 11 is 5.46. The molecule has 4 N–H and O–H groups in total. The molecule has 0 saturated carbocycles. The zero-order chi connectivity index (χ0) is 15.8. The van der Waals surface area contributed by atoms with E-state index in [2.05, 4.69) is 5.32 Å². The van der Waals surface area contributed by atoms with E-state index in [0.29, 0.717) is 12.5 Å². The Bertz CT molecular complexity index is 320. The van der Waals surface area contributed by atoms with Gasteiger partial charge in [0.2, 0.25) is 5.91 Å². The minimum atomic E-state index is -1.32. The molecule has 0 spiro atoms. The van der Waals surface area contributed by atoms with Crippen molar-refractivity contribution in [3.05, 3.63) is 0 Å². The van der Waals surface area contributed by atoms with Crippen molar-refractivity contribution in [3.8, 4) is 0 Å². The summed E-state index contributed by atoms with van der Waals surface area (Å²) in [4.78, 5) is 11.2. The van der Waals surface area contributed by atoms with E-state index in [0.717, 1.165) is 0 Å². The van der Waals surface area contributed by atoms with E-state index in [9.17, 15) is 15.0 Å². The van der Waals surface area contributed by atoms with Gasteiger partial charge in [0, 0.05) is 12.8 Å². The monoisotopic (exact) mass is 327 g/mol. The zero-order valence-corrected chi connectivity index (χ0v) is 12.5. The molecule has 0 aromatic heterocycles. The van der Waals surface area contributed by atoms with Crippen molar-refractivity contribution in [2.45, 2.75) is 37.6 Å². The number of carbonyl (C=O) groups is 1. The number of alkyl halides is 1. The summed E-state index contributed by atoms with van der Waals surface area (Å²) in [6, 6.07) is -0.937. The summed E-state index contributed by atoms with van der Waals surface area (Å²) in [5.74, 6) is -0.0318. The smallest absolute Gasteiger partial charge is 0.217 e. The average molecular weight is 328 g/mol. The molecule has 0 unspecified atom stereocenters. The maximum Gasteiger partial charge on any atom is 0.217 e. The van der Waals surface area contributed by atoms with Gasteiger partial charge in [-0.1, -0.05) is 0 Å². The number of nitrogens with one attached hydrogen (secondary N) is 1. The van der Waals surface area contributed by atoms with Gasteiger partial charge in [-0.25, -0.2) is 0 Å². The first kappa shape index (κ1) is 18.6. The van der Waals surface area contributed by atoms with Crippen molar-refractivity contribution in [1.29, 1.82) is 0 Å². The molecule has 0 aliphatic carbocycles. The van der Waals surface area contributed by atoms with Crippen molar-refractivity contribution in [1.82, 2.24) is 5.32 Å². The Morgan fingerprint density at radius 1 is 1.29 bits per heavy atom. The fourth-order valence-electron chi connectivity index (χ4n) is 1.99. The van der Waals surface area contributed by atoms with Crippen LogP contribution in [0.4, 0.5) is 0 Å². The molecular weight excluding hydrogens is 306 g/mol. The number of aliphatic hydroxyl groups is 3. The number of carbonyl (C=O) groups excluding carboxylic acids is 1. The first-order valence-electron chi connectivity index (χ1n) is 6.66. The summed E-state index contributed by atoms with van der Waals surface area (Å²) in [5, 5.41) is 31.4. The summed E-state index contributed by atoms with van der Waals surface area (Å²) in [6.45, 7) is 1.60. The van der Waals surface area contributed by atoms with Crippen LogP contribution in [0.2, 0.25) is 0 Å². The predicted octanol–water partition coefficient (Wildman–Crippen LogP) is -1.80. The van der Waals surface area contributed by atoms with Gasteiger partial charge in [-0.15, -0.1) is 11.6 Å². The first-order valence-corrected chi connectivity index (χ1v) is 7.19. The third-order valence-corrected chi connectivity index (χ3v) is 3.14. The van der Waals surface area contributed by atoms with Gasteiger partial charge in [0.15, 0.2) is 6.29 Å². The SMILES string of the molecule is CC(=O)N[C@@H]1[C@H](OCCOCCCl)O[C@H](CO)[C@@H](O)[C@@H]1O. The van der Waals surface area contributed by atoms with E-state index in [1.54, 1.807) is 0 Å². The van der Waals surface area contributed by atoms with Gasteiger partial charge in [0.1, 0.15) is 24.4 Å². The van der Waals surface area contributed by atoms with Crippen LogP contribution in [0.1, 0.15) is 6.92 Å². The van der Waals surface area contributed by atoms with Crippen molar-refractivity contribution in [2.24, 2.45) is 0 Å². The maximum absolute atomic E-state index is 11.2. The second kappa shape index (κ2) is 9.52. The van der Waals surface area contributed by atoms with Crippen LogP contribution in [0.5, 0.6) is 0 Å². The lowest BCUT2D eigenvalue weighted by Gasteiger charge is -2.42. The third kappa shape index (κ3) is 5.67. The highest BCUT2D eigenvalue weighted by molar-refractivity contribution is 6.17. The predicted molar refractivity (Wildman–Crippen MR) is 72.9 cm³/mol. The maximum atomic E-state index is 11.2. The minimum Gasteiger partial charge on any atom is -0.394 e. The quantitative estimate of drug-likeness (QED) is 0.307. The number of halogens is 1. The Morgan fingerprint density at radius 2 is 2.00 bits per heavy atom. The highest BCUT2D eigenvalue weighted by Crippen LogP contribution is 2.22. The number of amides is 1. The van der Waals surface area contributed by atoms with Gasteiger partial charge < -0.3 is 34.8 Å². The van der Waals surface area contributed by atoms with Gasteiger partial charge in [-0.05, 0) is 0 Å². The number of hydrogen-bond acceptors (Lipinski definition) is 7. The first-order chi connectivity index (χ1) is 10.0. The Kier molecular flexibility index (Phi) is 8.42. The molecule has 8 nitrogen and oxygen atoms in total. The summed E-state index contributed by atoms with van der Waals surface area (Å²) in [6.07, 6.45) is -4.62. The number of rotatable bonds is 8. The lowest BCUT2D eigenvalue weighted by Crippen LogP contribution is -2.64. The van der Waals surface area contributed by atoms with Crippen LogP contribution in [0.15, 0.2) is 0 Å². The standard InChI is InChI=1S/C12H22ClNO7/c1-7(16)14-9-11(18)10(17)8(6-15)21-12(9)20-5-4-19-3-2-13/h8-12,15,17-18H,2-6H2,1H3,(H,14,16)/t8-,9+,10-,11-,12-/m1/s1. The van der Waals surface area contributed by atoms with E-state index in [1.165, 1.54) is 6.92 Å². The Morgan fingerprint density at radius 3 is 2.57 bits per heavy atom. The zero-order valence-electron chi connectivity index (χ0n) is 11.8.